The zero-order chi connectivity index (χ0) is 18.2. The maximum Gasteiger partial charge on any atom is 0.224 e. The summed E-state index contributed by atoms with van der Waals surface area (Å²) in [5.74, 6) is -0.125. The second-order valence-corrected chi connectivity index (χ2v) is 6.23. The average Bonchev–Trinajstić information content (AvgIpc) is 2.61. The van der Waals surface area contributed by atoms with E-state index in [0.29, 0.717) is 12.1 Å². The minimum atomic E-state index is -0.136. The third-order valence-electron chi connectivity index (χ3n) is 4.13. The van der Waals surface area contributed by atoms with Crippen LogP contribution in [-0.4, -0.2) is 18.2 Å². The molecule has 1 amide bonds. The van der Waals surface area contributed by atoms with Crippen LogP contribution in [0.3, 0.4) is 0 Å². The second kappa shape index (κ2) is 10.7. The van der Waals surface area contributed by atoms with E-state index in [1.54, 1.807) is 0 Å². The predicted octanol–water partition coefficient (Wildman–Crippen LogP) is 4.44. The van der Waals surface area contributed by atoms with E-state index in [4.69, 9.17) is 0 Å². The minimum Gasteiger partial charge on any atom is -0.326 e. The molecule has 0 atom stereocenters. The number of para-hydroxylation sites is 1. The Morgan fingerprint density at radius 2 is 1.73 bits per heavy atom. The quantitative estimate of drug-likeness (QED) is 0.672. The Morgan fingerprint density at radius 3 is 2.46 bits per heavy atom. The van der Waals surface area contributed by atoms with E-state index in [9.17, 15) is 9.59 Å². The van der Waals surface area contributed by atoms with Crippen molar-refractivity contribution in [1.82, 2.24) is 5.32 Å². The molecular formula is C21H27ClN2O2. The van der Waals surface area contributed by atoms with Gasteiger partial charge in [-0.15, -0.1) is 12.4 Å². The molecule has 4 nitrogen and oxygen atoms in total. The van der Waals surface area contributed by atoms with Crippen LogP contribution in [0.15, 0.2) is 42.5 Å². The summed E-state index contributed by atoms with van der Waals surface area (Å²) in [6, 6.07) is 13.5. The van der Waals surface area contributed by atoms with E-state index in [1.807, 2.05) is 63.2 Å². The molecule has 2 rings (SSSR count). The van der Waals surface area contributed by atoms with Gasteiger partial charge in [-0.05, 0) is 43.7 Å². The third-order valence-corrected chi connectivity index (χ3v) is 4.13. The van der Waals surface area contributed by atoms with Crippen LogP contribution >= 0.6 is 12.4 Å². The normalized spacial score (nSPS) is 10.1. The molecule has 0 heterocycles. The number of ketones is 1. The first-order chi connectivity index (χ1) is 12.0. The highest BCUT2D eigenvalue weighted by atomic mass is 35.5. The number of nitrogens with one attached hydrogen (secondary N) is 2. The molecule has 0 saturated heterocycles. The van der Waals surface area contributed by atoms with Crippen molar-refractivity contribution in [3.8, 4) is 0 Å². The lowest BCUT2D eigenvalue weighted by Crippen LogP contribution is -2.17. The van der Waals surface area contributed by atoms with Gasteiger partial charge in [-0.1, -0.05) is 42.8 Å². The number of amides is 1. The average molecular weight is 375 g/mol. The van der Waals surface area contributed by atoms with Crippen molar-refractivity contribution >= 4 is 29.8 Å². The lowest BCUT2D eigenvalue weighted by Gasteiger charge is -2.11. The Labute approximate surface area is 161 Å². The van der Waals surface area contributed by atoms with Crippen molar-refractivity contribution < 1.29 is 9.59 Å². The molecule has 0 aromatic heterocycles. The zero-order valence-corrected chi connectivity index (χ0v) is 16.4. The Balaban J connectivity index is 0.00000338. The van der Waals surface area contributed by atoms with Crippen molar-refractivity contribution in [2.75, 3.05) is 11.9 Å². The van der Waals surface area contributed by atoms with Gasteiger partial charge in [0.05, 0.1) is 0 Å². The number of rotatable bonds is 8. The predicted molar refractivity (Wildman–Crippen MR) is 109 cm³/mol. The molecule has 0 saturated carbocycles. The third kappa shape index (κ3) is 6.28. The molecule has 0 aliphatic carbocycles. The number of hydrogen-bond acceptors (Lipinski definition) is 3. The molecule has 2 aromatic rings. The lowest BCUT2D eigenvalue weighted by atomic mass is 9.99. The molecule has 0 spiro atoms. The summed E-state index contributed by atoms with van der Waals surface area (Å²) in [6.07, 6.45) is 0.396. The number of Topliss-reactive ketones (excluding diaryl/α,β-unsaturated/α-hetero) is 1. The number of hydrogen-bond donors (Lipinski definition) is 2. The molecule has 2 aromatic carbocycles. The number of aryl methyl sites for hydroxylation is 2. The topological polar surface area (TPSA) is 58.2 Å². The van der Waals surface area contributed by atoms with Gasteiger partial charge in [0, 0.05) is 30.6 Å². The van der Waals surface area contributed by atoms with E-state index in [-0.39, 0.29) is 36.9 Å². The van der Waals surface area contributed by atoms with E-state index >= 15 is 0 Å². The monoisotopic (exact) mass is 374 g/mol. The summed E-state index contributed by atoms with van der Waals surface area (Å²) in [7, 11) is 0. The molecule has 0 fully saturated rings. The molecular weight excluding hydrogens is 348 g/mol. The van der Waals surface area contributed by atoms with Crippen molar-refractivity contribution in [3.05, 3.63) is 64.7 Å². The number of benzene rings is 2. The van der Waals surface area contributed by atoms with Crippen LogP contribution in [0.4, 0.5) is 5.69 Å². The van der Waals surface area contributed by atoms with Crippen LogP contribution in [0.5, 0.6) is 0 Å². The fraction of sp³-hybridized carbons (Fsp3) is 0.333. The van der Waals surface area contributed by atoms with Gasteiger partial charge in [0.1, 0.15) is 0 Å². The van der Waals surface area contributed by atoms with Crippen LogP contribution in [0.25, 0.3) is 0 Å². The standard InChI is InChI=1S/C21H26N2O2.ClH/c1-4-22-14-17-7-5-6-8-19(17)23-21(25)12-11-20(24)18-13-15(2)9-10-16(18)3;/h5-10,13,22H,4,11-12,14H2,1-3H3,(H,23,25);1H. The van der Waals surface area contributed by atoms with Crippen LogP contribution in [0.2, 0.25) is 0 Å². The molecule has 0 unspecified atom stereocenters. The molecule has 0 aliphatic rings. The van der Waals surface area contributed by atoms with E-state index in [0.717, 1.165) is 28.9 Å². The first-order valence-electron chi connectivity index (χ1n) is 8.70. The number of carbonyl (C=O) groups is 2. The summed E-state index contributed by atoms with van der Waals surface area (Å²) >= 11 is 0. The minimum absolute atomic E-state index is 0. The fourth-order valence-electron chi connectivity index (χ4n) is 2.67. The molecule has 0 aliphatic heterocycles. The van der Waals surface area contributed by atoms with Crippen LogP contribution in [0, 0.1) is 13.8 Å². The smallest absolute Gasteiger partial charge is 0.224 e. The van der Waals surface area contributed by atoms with Crippen LogP contribution in [0.1, 0.15) is 46.8 Å². The molecule has 2 N–H and O–H groups in total. The van der Waals surface area contributed by atoms with Gasteiger partial charge in [0.25, 0.3) is 0 Å². The molecule has 0 radical (unpaired) electrons. The number of anilines is 1. The van der Waals surface area contributed by atoms with Gasteiger partial charge >= 0.3 is 0 Å². The number of halogens is 1. The lowest BCUT2D eigenvalue weighted by molar-refractivity contribution is -0.116. The van der Waals surface area contributed by atoms with E-state index in [2.05, 4.69) is 10.6 Å². The number of carbonyl (C=O) groups excluding carboxylic acids is 2. The van der Waals surface area contributed by atoms with Gasteiger partial charge in [0.15, 0.2) is 5.78 Å². The van der Waals surface area contributed by atoms with Gasteiger partial charge in [-0.3, -0.25) is 9.59 Å². The summed E-state index contributed by atoms with van der Waals surface area (Å²) in [5, 5.41) is 6.18. The van der Waals surface area contributed by atoms with Crippen molar-refractivity contribution in [3.63, 3.8) is 0 Å². The first kappa shape index (κ1) is 21.9. The van der Waals surface area contributed by atoms with Crippen molar-refractivity contribution in [1.29, 1.82) is 0 Å². The zero-order valence-electron chi connectivity index (χ0n) is 15.6. The summed E-state index contributed by atoms with van der Waals surface area (Å²) in [6.45, 7) is 7.50. The maximum atomic E-state index is 12.4. The summed E-state index contributed by atoms with van der Waals surface area (Å²) < 4.78 is 0. The van der Waals surface area contributed by atoms with Crippen LogP contribution < -0.4 is 10.6 Å². The van der Waals surface area contributed by atoms with Crippen LogP contribution in [-0.2, 0) is 11.3 Å². The van der Waals surface area contributed by atoms with Crippen molar-refractivity contribution in [2.45, 2.75) is 40.2 Å². The first-order valence-corrected chi connectivity index (χ1v) is 8.70. The molecule has 140 valence electrons. The van der Waals surface area contributed by atoms with E-state index < -0.39 is 0 Å². The Morgan fingerprint density at radius 1 is 1.00 bits per heavy atom. The largest absolute Gasteiger partial charge is 0.326 e. The highest BCUT2D eigenvalue weighted by Crippen LogP contribution is 2.17. The van der Waals surface area contributed by atoms with E-state index in [1.165, 1.54) is 0 Å². The van der Waals surface area contributed by atoms with Gasteiger partial charge < -0.3 is 10.6 Å². The summed E-state index contributed by atoms with van der Waals surface area (Å²) in [5.41, 5.74) is 4.55. The van der Waals surface area contributed by atoms with Gasteiger partial charge in [-0.25, -0.2) is 0 Å². The Kier molecular flexibility index (Phi) is 9.03. The fourth-order valence-corrected chi connectivity index (χ4v) is 2.67. The molecule has 0 bridgehead atoms. The SMILES string of the molecule is CCNCc1ccccc1NC(=O)CCC(=O)c1cc(C)ccc1C.Cl. The maximum absolute atomic E-state index is 12.4. The van der Waals surface area contributed by atoms with Gasteiger partial charge in [0.2, 0.25) is 5.91 Å². The Hall–Kier alpha value is -2.17. The highest BCUT2D eigenvalue weighted by Gasteiger charge is 2.13. The van der Waals surface area contributed by atoms with Crippen molar-refractivity contribution in [2.24, 2.45) is 0 Å². The second-order valence-electron chi connectivity index (χ2n) is 6.23. The summed E-state index contributed by atoms with van der Waals surface area (Å²) in [4.78, 5) is 24.6. The highest BCUT2D eigenvalue weighted by molar-refractivity contribution is 6.01. The molecule has 26 heavy (non-hydrogen) atoms. The Bertz CT molecular complexity index is 759. The van der Waals surface area contributed by atoms with Gasteiger partial charge in [-0.2, -0.15) is 0 Å². The molecule has 5 heteroatoms.